The second-order valence-electron chi connectivity index (χ2n) is 4.18. The van der Waals surface area contributed by atoms with E-state index in [1.165, 1.54) is 20.9 Å². The van der Waals surface area contributed by atoms with Crippen LogP contribution in [0.15, 0.2) is 56.7 Å². The van der Waals surface area contributed by atoms with Crippen LogP contribution in [0.5, 0.6) is 0 Å². The van der Waals surface area contributed by atoms with Gasteiger partial charge in [-0.1, -0.05) is 39.8 Å². The van der Waals surface area contributed by atoms with Gasteiger partial charge in [-0.05, 0) is 55.4 Å². The van der Waals surface area contributed by atoms with Crippen LogP contribution in [-0.2, 0) is 6.54 Å². The lowest BCUT2D eigenvalue weighted by Gasteiger charge is -2.08. The van der Waals surface area contributed by atoms with Crippen LogP contribution in [0, 0.1) is 6.92 Å². The summed E-state index contributed by atoms with van der Waals surface area (Å²) in [6, 6.07) is 15.0. The third-order valence-corrected chi connectivity index (χ3v) is 4.19. The van der Waals surface area contributed by atoms with E-state index in [-0.39, 0.29) is 0 Å². The van der Waals surface area contributed by atoms with Crippen molar-refractivity contribution in [3.63, 3.8) is 0 Å². The fraction of sp³-hybridized carbons (Fsp3) is 0.200. The summed E-state index contributed by atoms with van der Waals surface area (Å²) < 4.78 is 1.12. The molecule has 0 unspecified atom stereocenters. The molecule has 0 amide bonds. The first-order chi connectivity index (χ1) is 8.69. The Hall–Kier alpha value is -0.770. The number of rotatable bonds is 4. The summed E-state index contributed by atoms with van der Waals surface area (Å²) in [5.74, 6) is 0. The Bertz CT molecular complexity index is 540. The molecule has 0 saturated heterocycles. The molecule has 2 aromatic carbocycles. The molecular weight excluding hydrogens is 306 g/mol. The minimum Gasteiger partial charge on any atom is -0.316 e. The van der Waals surface area contributed by atoms with Gasteiger partial charge in [0.05, 0.1) is 0 Å². The van der Waals surface area contributed by atoms with Crippen molar-refractivity contribution >= 4 is 27.7 Å². The Balaban J connectivity index is 2.17. The van der Waals surface area contributed by atoms with Gasteiger partial charge in [0.2, 0.25) is 0 Å². The van der Waals surface area contributed by atoms with E-state index in [1.807, 2.05) is 13.1 Å². The van der Waals surface area contributed by atoms with Gasteiger partial charge >= 0.3 is 0 Å². The first-order valence-corrected chi connectivity index (χ1v) is 7.47. The zero-order valence-electron chi connectivity index (χ0n) is 10.5. The monoisotopic (exact) mass is 321 g/mol. The maximum absolute atomic E-state index is 3.50. The molecule has 0 aliphatic rings. The van der Waals surface area contributed by atoms with E-state index in [2.05, 4.69) is 64.6 Å². The van der Waals surface area contributed by atoms with Crippen LogP contribution >= 0.6 is 27.7 Å². The zero-order chi connectivity index (χ0) is 13.0. The predicted octanol–water partition coefficient (Wildman–Crippen LogP) is 4.63. The van der Waals surface area contributed by atoms with E-state index in [0.717, 1.165) is 11.0 Å². The van der Waals surface area contributed by atoms with Crippen LogP contribution < -0.4 is 5.32 Å². The molecule has 2 rings (SSSR count). The van der Waals surface area contributed by atoms with E-state index in [1.54, 1.807) is 11.8 Å². The first kappa shape index (κ1) is 13.7. The molecule has 0 heterocycles. The van der Waals surface area contributed by atoms with Gasteiger partial charge in [0.1, 0.15) is 0 Å². The highest BCUT2D eigenvalue weighted by Gasteiger charge is 2.02. The Morgan fingerprint density at radius 3 is 2.56 bits per heavy atom. The molecule has 0 spiro atoms. The van der Waals surface area contributed by atoms with Gasteiger partial charge in [0.15, 0.2) is 0 Å². The number of nitrogens with one attached hydrogen (secondary N) is 1. The van der Waals surface area contributed by atoms with Crippen molar-refractivity contribution < 1.29 is 0 Å². The number of halogens is 1. The fourth-order valence-corrected chi connectivity index (χ4v) is 3.31. The zero-order valence-corrected chi connectivity index (χ0v) is 12.9. The number of benzene rings is 2. The van der Waals surface area contributed by atoms with Crippen LogP contribution in [0.1, 0.15) is 11.1 Å². The molecule has 94 valence electrons. The predicted molar refractivity (Wildman–Crippen MR) is 82.2 cm³/mol. The normalized spacial score (nSPS) is 10.6. The molecule has 0 radical (unpaired) electrons. The molecule has 2 aromatic rings. The van der Waals surface area contributed by atoms with Crippen molar-refractivity contribution in [1.29, 1.82) is 0 Å². The first-order valence-electron chi connectivity index (χ1n) is 5.86. The highest BCUT2D eigenvalue weighted by Crippen LogP contribution is 2.30. The molecule has 1 nitrogen and oxygen atoms in total. The Labute approximate surface area is 121 Å². The molecule has 0 aliphatic carbocycles. The topological polar surface area (TPSA) is 12.0 Å². The maximum Gasteiger partial charge on any atom is 0.0205 e. The van der Waals surface area contributed by atoms with Gasteiger partial charge in [-0.25, -0.2) is 0 Å². The SMILES string of the molecule is CNCc1ccc(Sc2cccc(Br)c2)cc1C. The van der Waals surface area contributed by atoms with Crippen molar-refractivity contribution in [2.75, 3.05) is 7.05 Å². The lowest BCUT2D eigenvalue weighted by Crippen LogP contribution is -2.06. The van der Waals surface area contributed by atoms with Gasteiger partial charge in [0, 0.05) is 20.8 Å². The van der Waals surface area contributed by atoms with Gasteiger partial charge in [-0.3, -0.25) is 0 Å². The summed E-state index contributed by atoms with van der Waals surface area (Å²) in [5.41, 5.74) is 2.69. The van der Waals surface area contributed by atoms with Gasteiger partial charge in [-0.15, -0.1) is 0 Å². The van der Waals surface area contributed by atoms with Crippen molar-refractivity contribution in [2.45, 2.75) is 23.3 Å². The molecule has 0 aliphatic heterocycles. The lowest BCUT2D eigenvalue weighted by molar-refractivity contribution is 0.811. The fourth-order valence-electron chi connectivity index (χ4n) is 1.79. The van der Waals surface area contributed by atoms with Crippen LogP contribution in [0.3, 0.4) is 0 Å². The largest absolute Gasteiger partial charge is 0.316 e. The third-order valence-electron chi connectivity index (χ3n) is 2.71. The highest BCUT2D eigenvalue weighted by molar-refractivity contribution is 9.10. The molecular formula is C15H16BrNS. The maximum atomic E-state index is 3.50. The quantitative estimate of drug-likeness (QED) is 0.881. The lowest BCUT2D eigenvalue weighted by atomic mass is 10.1. The van der Waals surface area contributed by atoms with Gasteiger partial charge in [0.25, 0.3) is 0 Å². The highest BCUT2D eigenvalue weighted by atomic mass is 79.9. The molecule has 0 atom stereocenters. The second kappa shape index (κ2) is 6.41. The van der Waals surface area contributed by atoms with Crippen LogP contribution in [-0.4, -0.2) is 7.05 Å². The van der Waals surface area contributed by atoms with E-state index in [4.69, 9.17) is 0 Å². The molecule has 18 heavy (non-hydrogen) atoms. The molecule has 0 aromatic heterocycles. The summed E-state index contributed by atoms with van der Waals surface area (Å²) in [4.78, 5) is 2.54. The van der Waals surface area contributed by atoms with Gasteiger partial charge in [-0.2, -0.15) is 0 Å². The second-order valence-corrected chi connectivity index (χ2v) is 6.24. The number of aryl methyl sites for hydroxylation is 1. The third kappa shape index (κ3) is 3.61. The number of hydrogen-bond donors (Lipinski definition) is 1. The van der Waals surface area contributed by atoms with Crippen LogP contribution in [0.2, 0.25) is 0 Å². The summed E-state index contributed by atoms with van der Waals surface area (Å²) in [7, 11) is 1.98. The summed E-state index contributed by atoms with van der Waals surface area (Å²) in [6.07, 6.45) is 0. The molecule has 0 fully saturated rings. The van der Waals surface area contributed by atoms with E-state index < -0.39 is 0 Å². The minimum atomic E-state index is 0.924. The average molecular weight is 322 g/mol. The summed E-state index contributed by atoms with van der Waals surface area (Å²) in [6.45, 7) is 3.09. The van der Waals surface area contributed by atoms with Crippen molar-refractivity contribution in [3.8, 4) is 0 Å². The number of hydrogen-bond acceptors (Lipinski definition) is 2. The van der Waals surface area contributed by atoms with Crippen molar-refractivity contribution in [3.05, 3.63) is 58.1 Å². The molecule has 0 bridgehead atoms. The van der Waals surface area contributed by atoms with Crippen LogP contribution in [0.25, 0.3) is 0 Å². The molecule has 3 heteroatoms. The van der Waals surface area contributed by atoms with Crippen molar-refractivity contribution in [2.24, 2.45) is 0 Å². The molecule has 0 saturated carbocycles. The van der Waals surface area contributed by atoms with Crippen molar-refractivity contribution in [1.82, 2.24) is 5.32 Å². The molecule has 1 N–H and O–H groups in total. The van der Waals surface area contributed by atoms with E-state index in [9.17, 15) is 0 Å². The smallest absolute Gasteiger partial charge is 0.0205 e. The summed E-state index contributed by atoms with van der Waals surface area (Å²) in [5, 5.41) is 3.19. The average Bonchev–Trinajstić information content (AvgIpc) is 2.33. The van der Waals surface area contributed by atoms with E-state index in [0.29, 0.717) is 0 Å². The van der Waals surface area contributed by atoms with Gasteiger partial charge < -0.3 is 5.32 Å². The Morgan fingerprint density at radius 2 is 1.89 bits per heavy atom. The standard InChI is InChI=1S/C15H16BrNS/c1-11-8-15(7-6-12(11)10-17-2)18-14-5-3-4-13(16)9-14/h3-9,17H,10H2,1-2H3. The van der Waals surface area contributed by atoms with E-state index >= 15 is 0 Å². The Morgan fingerprint density at radius 1 is 1.11 bits per heavy atom. The van der Waals surface area contributed by atoms with Crippen LogP contribution in [0.4, 0.5) is 0 Å². The summed E-state index contributed by atoms with van der Waals surface area (Å²) >= 11 is 5.29. The Kier molecular flexibility index (Phi) is 4.87. The minimum absolute atomic E-state index is 0.924.